The molecule has 0 saturated carbocycles. The van der Waals surface area contributed by atoms with Gasteiger partial charge in [0.25, 0.3) is 0 Å². The molecule has 1 aliphatic carbocycles. The van der Waals surface area contributed by atoms with Gasteiger partial charge in [-0.25, -0.2) is 0 Å². The van der Waals surface area contributed by atoms with Gasteiger partial charge >= 0.3 is 0 Å². The number of fused-ring (bicyclic) bond motifs is 8. The van der Waals surface area contributed by atoms with Crippen molar-refractivity contribution in [3.05, 3.63) is 149 Å². The minimum absolute atomic E-state index is 0.287. The van der Waals surface area contributed by atoms with Crippen molar-refractivity contribution in [3.63, 3.8) is 0 Å². The van der Waals surface area contributed by atoms with E-state index in [1.165, 1.54) is 33.4 Å². The Labute approximate surface area is 275 Å². The smallest absolute Gasteiger partial charge is 0.178 e. The molecule has 6 aromatic rings. The van der Waals surface area contributed by atoms with Crippen molar-refractivity contribution in [2.75, 3.05) is 21.3 Å². The predicted octanol–water partition coefficient (Wildman–Crippen LogP) is 10.2. The van der Waals surface area contributed by atoms with Crippen molar-refractivity contribution in [2.45, 2.75) is 24.9 Å². The lowest BCUT2D eigenvalue weighted by molar-refractivity contribution is 0.163. The summed E-state index contributed by atoms with van der Waals surface area (Å²) in [4.78, 5) is 0. The highest BCUT2D eigenvalue weighted by Crippen LogP contribution is 2.59. The molecule has 0 unspecified atom stereocenters. The normalized spacial score (nSPS) is 14.9. The van der Waals surface area contributed by atoms with Crippen molar-refractivity contribution < 1.29 is 18.9 Å². The third-order valence-electron chi connectivity index (χ3n) is 9.98. The summed E-state index contributed by atoms with van der Waals surface area (Å²) in [6.07, 6.45) is 4.49. The molecule has 0 bridgehead atoms. The highest BCUT2D eigenvalue weighted by Gasteiger charge is 2.44. The second kappa shape index (κ2) is 10.8. The number of hydrogen-bond donors (Lipinski definition) is 0. The molecule has 0 saturated heterocycles. The van der Waals surface area contributed by atoms with Crippen molar-refractivity contribution in [1.82, 2.24) is 0 Å². The van der Waals surface area contributed by atoms with Gasteiger partial charge in [0.15, 0.2) is 5.60 Å². The third-order valence-corrected chi connectivity index (χ3v) is 9.98. The van der Waals surface area contributed by atoms with Gasteiger partial charge in [-0.3, -0.25) is 0 Å². The molecule has 0 spiro atoms. The monoisotopic (exact) mass is 616 g/mol. The van der Waals surface area contributed by atoms with Gasteiger partial charge in [-0.1, -0.05) is 86.7 Å². The van der Waals surface area contributed by atoms with Crippen molar-refractivity contribution >= 4 is 16.8 Å². The van der Waals surface area contributed by atoms with Crippen LogP contribution in [-0.4, -0.2) is 21.3 Å². The van der Waals surface area contributed by atoms with Crippen molar-refractivity contribution in [3.8, 4) is 45.3 Å². The molecule has 1 heterocycles. The molecule has 232 valence electrons. The van der Waals surface area contributed by atoms with Gasteiger partial charge in [0, 0.05) is 27.5 Å². The summed E-state index contributed by atoms with van der Waals surface area (Å²) >= 11 is 0. The summed E-state index contributed by atoms with van der Waals surface area (Å²) in [5.41, 5.74) is 9.43. The number of rotatable bonds is 6. The van der Waals surface area contributed by atoms with Gasteiger partial charge < -0.3 is 18.9 Å². The van der Waals surface area contributed by atoms with E-state index in [4.69, 9.17) is 18.9 Å². The zero-order chi connectivity index (χ0) is 32.3. The van der Waals surface area contributed by atoms with Crippen LogP contribution in [0.5, 0.6) is 23.0 Å². The number of ether oxygens (including phenoxy) is 4. The second-order valence-corrected chi connectivity index (χ2v) is 12.8. The van der Waals surface area contributed by atoms with E-state index in [9.17, 15) is 0 Å². The van der Waals surface area contributed by atoms with E-state index in [1.807, 2.05) is 30.3 Å². The SMILES string of the molecule is COc1ccc(C2(c3ccc(OC)cc3)C=Cc3c4c(c5cc(OC)ccc5c3O2)-c2ccc(-c3ccccc3)cc2C4(C)C)cc1. The third kappa shape index (κ3) is 4.35. The highest BCUT2D eigenvalue weighted by molar-refractivity contribution is 6.09. The van der Waals surface area contributed by atoms with Gasteiger partial charge in [0.1, 0.15) is 23.0 Å². The topological polar surface area (TPSA) is 36.9 Å². The standard InChI is InChI=1S/C43H36O4/c1-42(2)38-25-28(27-9-7-6-8-10-27)11-21-35(38)39-37-26-33(46-5)20-22-34(37)41-36(40(39)42)23-24-43(47-41,29-12-16-31(44-3)17-13-29)30-14-18-32(45-4)19-15-30/h6-26H,1-5H3. The van der Waals surface area contributed by atoms with Gasteiger partial charge in [0.05, 0.1) is 21.3 Å². The van der Waals surface area contributed by atoms with Gasteiger partial charge in [0.2, 0.25) is 0 Å². The molecule has 1 aliphatic heterocycles. The minimum Gasteiger partial charge on any atom is -0.497 e. The maximum Gasteiger partial charge on any atom is 0.178 e. The number of hydrogen-bond acceptors (Lipinski definition) is 4. The van der Waals surface area contributed by atoms with E-state index in [1.54, 1.807) is 21.3 Å². The Hall–Kier alpha value is -5.48. The van der Waals surface area contributed by atoms with Crippen LogP contribution in [0.15, 0.2) is 121 Å². The van der Waals surface area contributed by atoms with E-state index >= 15 is 0 Å². The Balaban J connectivity index is 1.39. The van der Waals surface area contributed by atoms with E-state index in [-0.39, 0.29) is 5.41 Å². The molecule has 0 atom stereocenters. The fourth-order valence-electron chi connectivity index (χ4n) is 7.56. The summed E-state index contributed by atoms with van der Waals surface area (Å²) < 4.78 is 24.2. The lowest BCUT2D eigenvalue weighted by atomic mass is 9.76. The largest absolute Gasteiger partial charge is 0.497 e. The predicted molar refractivity (Wildman–Crippen MR) is 190 cm³/mol. The molecule has 47 heavy (non-hydrogen) atoms. The minimum atomic E-state index is -0.886. The van der Waals surface area contributed by atoms with Crippen LogP contribution < -0.4 is 18.9 Å². The summed E-state index contributed by atoms with van der Waals surface area (Å²) in [6.45, 7) is 4.67. The van der Waals surface area contributed by atoms with E-state index < -0.39 is 5.60 Å². The zero-order valence-electron chi connectivity index (χ0n) is 27.3. The average Bonchev–Trinajstić information content (AvgIpc) is 3.37. The Kier molecular flexibility index (Phi) is 6.66. The lowest BCUT2D eigenvalue weighted by Crippen LogP contribution is -2.35. The zero-order valence-corrected chi connectivity index (χ0v) is 27.3. The summed E-state index contributed by atoms with van der Waals surface area (Å²) in [6, 6.07) is 40.1. The first-order chi connectivity index (χ1) is 22.9. The molecule has 0 radical (unpaired) electrons. The Bertz CT molecular complexity index is 2130. The first-order valence-corrected chi connectivity index (χ1v) is 15.9. The molecule has 0 N–H and O–H groups in total. The van der Waals surface area contributed by atoms with Crippen LogP contribution >= 0.6 is 0 Å². The molecule has 4 nitrogen and oxygen atoms in total. The van der Waals surface area contributed by atoms with Gasteiger partial charge in [-0.05, 0) is 93.4 Å². The Morgan fingerprint density at radius 3 is 1.81 bits per heavy atom. The first kappa shape index (κ1) is 29.0. The molecule has 8 rings (SSSR count). The first-order valence-electron chi connectivity index (χ1n) is 15.9. The van der Waals surface area contributed by atoms with Crippen LogP contribution in [0.2, 0.25) is 0 Å². The van der Waals surface area contributed by atoms with Crippen LogP contribution in [0, 0.1) is 0 Å². The maximum atomic E-state index is 7.43. The quantitative estimate of drug-likeness (QED) is 0.187. The summed E-state index contributed by atoms with van der Waals surface area (Å²) in [7, 11) is 5.09. The second-order valence-electron chi connectivity index (χ2n) is 12.8. The average molecular weight is 617 g/mol. The molecule has 6 aromatic carbocycles. The van der Waals surface area contributed by atoms with E-state index in [2.05, 4.69) is 111 Å². The molecule has 2 aliphatic rings. The number of benzene rings is 6. The fourth-order valence-corrected chi connectivity index (χ4v) is 7.56. The van der Waals surface area contributed by atoms with Crippen LogP contribution in [0.1, 0.15) is 41.7 Å². The maximum absolute atomic E-state index is 7.43. The van der Waals surface area contributed by atoms with Crippen LogP contribution in [0.3, 0.4) is 0 Å². The summed E-state index contributed by atoms with van der Waals surface area (Å²) in [5.74, 6) is 3.27. The molecular formula is C43H36O4. The van der Waals surface area contributed by atoms with Crippen LogP contribution in [0.25, 0.3) is 39.1 Å². The van der Waals surface area contributed by atoms with Crippen LogP contribution in [-0.2, 0) is 11.0 Å². The van der Waals surface area contributed by atoms with E-state index in [0.29, 0.717) is 0 Å². The van der Waals surface area contributed by atoms with E-state index in [0.717, 1.165) is 50.5 Å². The summed E-state index contributed by atoms with van der Waals surface area (Å²) in [5, 5.41) is 2.16. The lowest BCUT2D eigenvalue weighted by Gasteiger charge is -2.38. The molecule has 0 aromatic heterocycles. The molecule has 4 heteroatoms. The van der Waals surface area contributed by atoms with Crippen molar-refractivity contribution in [1.29, 1.82) is 0 Å². The molecular weight excluding hydrogens is 580 g/mol. The van der Waals surface area contributed by atoms with Gasteiger partial charge in [-0.2, -0.15) is 0 Å². The Morgan fingerprint density at radius 2 is 1.19 bits per heavy atom. The highest BCUT2D eigenvalue weighted by atomic mass is 16.5. The van der Waals surface area contributed by atoms with Crippen LogP contribution in [0.4, 0.5) is 0 Å². The molecule has 0 amide bonds. The number of methoxy groups -OCH3 is 3. The molecule has 0 fully saturated rings. The Morgan fingerprint density at radius 1 is 0.574 bits per heavy atom. The van der Waals surface area contributed by atoms with Gasteiger partial charge in [-0.15, -0.1) is 0 Å². The fraction of sp³-hybridized carbons (Fsp3) is 0.163. The van der Waals surface area contributed by atoms with Crippen molar-refractivity contribution in [2.24, 2.45) is 0 Å².